The summed E-state index contributed by atoms with van der Waals surface area (Å²) in [5.41, 5.74) is 0.845. The third kappa shape index (κ3) is 5.34. The number of hydrogen-bond acceptors (Lipinski definition) is 3. The lowest BCUT2D eigenvalue weighted by Gasteiger charge is -2.26. The fraction of sp³-hybridized carbons (Fsp3) is 0.667. The summed E-state index contributed by atoms with van der Waals surface area (Å²) in [7, 11) is 0. The maximum atomic E-state index is 12.3. The summed E-state index contributed by atoms with van der Waals surface area (Å²) in [6, 6.07) is 7.76. The fourth-order valence-corrected chi connectivity index (χ4v) is 3.80. The number of carbonyl (C=O) groups is 1. The molecular formula is C21H33NO2. The van der Waals surface area contributed by atoms with Crippen molar-refractivity contribution in [2.45, 2.75) is 58.8 Å². The van der Waals surface area contributed by atoms with E-state index in [-0.39, 0.29) is 13.3 Å². The Hall–Kier alpha value is -1.35. The second-order valence-electron chi connectivity index (χ2n) is 6.97. The lowest BCUT2D eigenvalue weighted by molar-refractivity contribution is 0.0923. The van der Waals surface area contributed by atoms with Gasteiger partial charge in [-0.3, -0.25) is 4.79 Å². The predicted molar refractivity (Wildman–Crippen MR) is 99.9 cm³/mol. The first-order valence-corrected chi connectivity index (χ1v) is 9.32. The van der Waals surface area contributed by atoms with Crippen molar-refractivity contribution in [3.05, 3.63) is 29.8 Å². The van der Waals surface area contributed by atoms with E-state index in [9.17, 15) is 4.79 Å². The van der Waals surface area contributed by atoms with Crippen LogP contribution < -0.4 is 4.74 Å². The summed E-state index contributed by atoms with van der Waals surface area (Å²) in [6.45, 7) is 4.39. The average molecular weight is 332 g/mol. The smallest absolute Gasteiger partial charge is 0.165 e. The van der Waals surface area contributed by atoms with E-state index in [1.54, 1.807) is 0 Å². The van der Waals surface area contributed by atoms with Crippen LogP contribution in [0, 0.1) is 5.92 Å². The number of carbonyl (C=O) groups excluding carboxylic acids is 1. The van der Waals surface area contributed by atoms with Gasteiger partial charge in [0, 0.05) is 18.0 Å². The summed E-state index contributed by atoms with van der Waals surface area (Å²) >= 11 is 0. The highest BCUT2D eigenvalue weighted by Crippen LogP contribution is 2.28. The van der Waals surface area contributed by atoms with Crippen LogP contribution in [0.1, 0.15) is 69.2 Å². The van der Waals surface area contributed by atoms with Crippen LogP contribution >= 0.6 is 0 Å². The average Bonchev–Trinajstić information content (AvgIpc) is 3.14. The third-order valence-corrected chi connectivity index (χ3v) is 5.20. The van der Waals surface area contributed by atoms with Crippen LogP contribution in [-0.4, -0.2) is 36.9 Å². The van der Waals surface area contributed by atoms with Gasteiger partial charge in [-0.15, -0.1) is 0 Å². The molecule has 0 N–H and O–H groups in total. The molecule has 0 bridgehead atoms. The molecule has 1 aliphatic heterocycles. The van der Waals surface area contributed by atoms with Crippen molar-refractivity contribution >= 4 is 5.78 Å². The van der Waals surface area contributed by atoms with Gasteiger partial charge in [0.15, 0.2) is 5.78 Å². The monoisotopic (exact) mass is 331 g/mol. The maximum Gasteiger partial charge on any atom is 0.165 e. The van der Waals surface area contributed by atoms with E-state index < -0.39 is 0 Å². The van der Waals surface area contributed by atoms with E-state index in [4.69, 9.17) is 4.74 Å². The SMILES string of the molecule is C.O=C(c1ccc(OCCCN2CCCCC2)cc1)C1CCCC1. The Kier molecular flexibility index (Phi) is 7.77. The summed E-state index contributed by atoms with van der Waals surface area (Å²) in [5, 5.41) is 0. The number of rotatable bonds is 7. The number of likely N-dealkylation sites (tertiary alicyclic amines) is 1. The summed E-state index contributed by atoms with van der Waals surface area (Å²) in [5.74, 6) is 1.46. The van der Waals surface area contributed by atoms with E-state index in [1.807, 2.05) is 24.3 Å². The molecule has 24 heavy (non-hydrogen) atoms. The minimum Gasteiger partial charge on any atom is -0.494 e. The Labute approximate surface area is 147 Å². The van der Waals surface area contributed by atoms with Gasteiger partial charge in [-0.05, 0) is 69.5 Å². The number of piperidine rings is 1. The normalized spacial score (nSPS) is 19.0. The minimum atomic E-state index is 0. The standard InChI is InChI=1S/C20H29NO2.CH4/c22-20(17-7-2-3-8-17)18-9-11-19(12-10-18)23-16-6-15-21-13-4-1-5-14-21;/h9-12,17H,1-8,13-16H2;1H4. The van der Waals surface area contributed by atoms with Gasteiger partial charge in [0.25, 0.3) is 0 Å². The number of Topliss-reactive ketones (excluding diaryl/α,β-unsaturated/α-hetero) is 1. The molecule has 0 amide bonds. The van der Waals surface area contributed by atoms with Crippen molar-refractivity contribution in [2.75, 3.05) is 26.2 Å². The van der Waals surface area contributed by atoms with E-state index in [0.29, 0.717) is 5.78 Å². The first-order chi connectivity index (χ1) is 11.3. The molecule has 0 radical (unpaired) electrons. The zero-order valence-electron chi connectivity index (χ0n) is 14.1. The van der Waals surface area contributed by atoms with Gasteiger partial charge >= 0.3 is 0 Å². The molecule has 3 heteroatoms. The van der Waals surface area contributed by atoms with Gasteiger partial charge in [-0.2, -0.15) is 0 Å². The predicted octanol–water partition coefficient (Wildman–Crippen LogP) is 4.95. The molecule has 3 nitrogen and oxygen atoms in total. The minimum absolute atomic E-state index is 0. The van der Waals surface area contributed by atoms with Crippen molar-refractivity contribution in [1.82, 2.24) is 4.90 Å². The van der Waals surface area contributed by atoms with Crippen molar-refractivity contribution < 1.29 is 9.53 Å². The van der Waals surface area contributed by atoms with Crippen molar-refractivity contribution in [2.24, 2.45) is 5.92 Å². The molecule has 0 atom stereocenters. The molecule has 1 aliphatic carbocycles. The molecule has 1 aromatic rings. The summed E-state index contributed by atoms with van der Waals surface area (Å²) in [4.78, 5) is 14.9. The number of nitrogens with zero attached hydrogens (tertiary/aromatic N) is 1. The molecule has 1 saturated heterocycles. The van der Waals surface area contributed by atoms with Crippen LogP contribution in [0.3, 0.4) is 0 Å². The summed E-state index contributed by atoms with van der Waals surface area (Å²) < 4.78 is 5.82. The number of ketones is 1. The van der Waals surface area contributed by atoms with Gasteiger partial charge in [-0.25, -0.2) is 0 Å². The maximum absolute atomic E-state index is 12.3. The van der Waals surface area contributed by atoms with Crippen LogP contribution in [-0.2, 0) is 0 Å². The van der Waals surface area contributed by atoms with Crippen molar-refractivity contribution in [3.63, 3.8) is 0 Å². The van der Waals surface area contributed by atoms with E-state index >= 15 is 0 Å². The van der Waals surface area contributed by atoms with Crippen LogP contribution in [0.25, 0.3) is 0 Å². The molecule has 134 valence electrons. The topological polar surface area (TPSA) is 29.5 Å². The zero-order valence-corrected chi connectivity index (χ0v) is 14.1. The first kappa shape index (κ1) is 19.0. The van der Waals surface area contributed by atoms with Crippen molar-refractivity contribution in [3.8, 4) is 5.75 Å². The zero-order chi connectivity index (χ0) is 15.9. The third-order valence-electron chi connectivity index (χ3n) is 5.20. The molecule has 1 saturated carbocycles. The van der Waals surface area contributed by atoms with Gasteiger partial charge in [-0.1, -0.05) is 26.7 Å². The van der Waals surface area contributed by atoms with E-state index in [1.165, 1.54) is 45.2 Å². The first-order valence-electron chi connectivity index (χ1n) is 9.32. The van der Waals surface area contributed by atoms with Crippen molar-refractivity contribution in [1.29, 1.82) is 0 Å². The van der Waals surface area contributed by atoms with Gasteiger partial charge in [0.2, 0.25) is 0 Å². The Morgan fingerprint density at radius 3 is 2.33 bits per heavy atom. The fourth-order valence-electron chi connectivity index (χ4n) is 3.80. The van der Waals surface area contributed by atoms with Gasteiger partial charge < -0.3 is 9.64 Å². The Balaban J connectivity index is 0.00000208. The summed E-state index contributed by atoms with van der Waals surface area (Å²) in [6.07, 6.45) is 9.68. The second kappa shape index (κ2) is 9.83. The number of hydrogen-bond donors (Lipinski definition) is 0. The molecule has 0 unspecified atom stereocenters. The van der Waals surface area contributed by atoms with Crippen LogP contribution in [0.15, 0.2) is 24.3 Å². The van der Waals surface area contributed by atoms with E-state index in [2.05, 4.69) is 4.90 Å². The Morgan fingerprint density at radius 1 is 1.00 bits per heavy atom. The molecule has 2 fully saturated rings. The van der Waals surface area contributed by atoms with Crippen LogP contribution in [0.5, 0.6) is 5.75 Å². The lowest BCUT2D eigenvalue weighted by atomic mass is 9.96. The molecule has 1 aromatic carbocycles. The molecule has 2 aliphatic rings. The molecule has 3 rings (SSSR count). The van der Waals surface area contributed by atoms with Gasteiger partial charge in [0.1, 0.15) is 5.75 Å². The van der Waals surface area contributed by atoms with E-state index in [0.717, 1.165) is 43.7 Å². The lowest BCUT2D eigenvalue weighted by Crippen LogP contribution is -2.31. The Bertz CT molecular complexity index is 485. The number of ether oxygens (including phenoxy) is 1. The highest BCUT2D eigenvalue weighted by atomic mass is 16.5. The molecule has 1 heterocycles. The highest BCUT2D eigenvalue weighted by Gasteiger charge is 2.23. The highest BCUT2D eigenvalue weighted by molar-refractivity contribution is 5.98. The molecule has 0 spiro atoms. The second-order valence-corrected chi connectivity index (χ2v) is 6.97. The molecule has 0 aromatic heterocycles. The van der Waals surface area contributed by atoms with Gasteiger partial charge in [0.05, 0.1) is 6.61 Å². The number of benzene rings is 1. The Morgan fingerprint density at radius 2 is 1.67 bits per heavy atom. The quantitative estimate of drug-likeness (QED) is 0.523. The largest absolute Gasteiger partial charge is 0.494 e. The van der Waals surface area contributed by atoms with Crippen LogP contribution in [0.2, 0.25) is 0 Å². The molecular weight excluding hydrogens is 298 g/mol. The van der Waals surface area contributed by atoms with Crippen LogP contribution in [0.4, 0.5) is 0 Å².